The SMILES string of the molecule is Cc1cccc(Oc2nc3c(C)cccn3c(=O)c2/C=C(/C#N)C(=O)Nc2cccc(Cl)c2Cl)c1. The lowest BCUT2D eigenvalue weighted by Gasteiger charge is -2.12. The number of hydrogen-bond donors (Lipinski definition) is 1. The summed E-state index contributed by atoms with van der Waals surface area (Å²) in [6.45, 7) is 3.72. The van der Waals surface area contributed by atoms with E-state index in [2.05, 4.69) is 10.3 Å². The van der Waals surface area contributed by atoms with Crippen LogP contribution in [0.5, 0.6) is 11.6 Å². The zero-order chi connectivity index (χ0) is 25.1. The van der Waals surface area contributed by atoms with E-state index in [1.165, 1.54) is 4.40 Å². The number of amides is 1. The molecule has 0 saturated carbocycles. The van der Waals surface area contributed by atoms with Crippen LogP contribution in [-0.2, 0) is 4.79 Å². The van der Waals surface area contributed by atoms with Crippen molar-refractivity contribution in [2.75, 3.05) is 5.32 Å². The highest BCUT2D eigenvalue weighted by atomic mass is 35.5. The van der Waals surface area contributed by atoms with Crippen LogP contribution in [0, 0.1) is 25.2 Å². The average molecular weight is 505 g/mol. The molecule has 174 valence electrons. The Hall–Kier alpha value is -4.12. The third-order valence-corrected chi connectivity index (χ3v) is 5.93. The molecule has 4 rings (SSSR count). The lowest BCUT2D eigenvalue weighted by atomic mass is 10.1. The molecule has 0 fully saturated rings. The standard InChI is InChI=1S/C26H18Cl2N4O3/c1-15-6-3-8-18(12-15)35-25-19(26(34)32-11-5-7-16(2)23(32)31-25)13-17(14-29)24(33)30-21-10-4-9-20(27)22(21)28/h3-13H,1-2H3,(H,30,33)/b17-13-. The van der Waals surface area contributed by atoms with Crippen LogP contribution < -0.4 is 15.6 Å². The normalized spacial score (nSPS) is 11.2. The quantitative estimate of drug-likeness (QED) is 0.267. The summed E-state index contributed by atoms with van der Waals surface area (Å²) in [6, 6.07) is 17.3. The summed E-state index contributed by atoms with van der Waals surface area (Å²) in [5.74, 6) is -0.346. The highest BCUT2D eigenvalue weighted by molar-refractivity contribution is 6.44. The molecule has 2 aromatic carbocycles. The van der Waals surface area contributed by atoms with Gasteiger partial charge in [-0.1, -0.05) is 47.5 Å². The second-order valence-electron chi connectivity index (χ2n) is 7.66. The topological polar surface area (TPSA) is 96.5 Å². The zero-order valence-corrected chi connectivity index (χ0v) is 20.2. The number of ether oxygens (including phenoxy) is 1. The molecule has 4 aromatic rings. The molecular formula is C26H18Cl2N4O3. The second-order valence-corrected chi connectivity index (χ2v) is 8.45. The van der Waals surface area contributed by atoms with Crippen molar-refractivity contribution >= 4 is 46.5 Å². The number of fused-ring (bicyclic) bond motifs is 1. The maximum Gasteiger partial charge on any atom is 0.269 e. The molecule has 0 saturated heterocycles. The van der Waals surface area contributed by atoms with Gasteiger partial charge in [-0.05, 0) is 61.4 Å². The molecule has 1 amide bonds. The van der Waals surface area contributed by atoms with E-state index < -0.39 is 11.5 Å². The number of aromatic nitrogens is 2. The van der Waals surface area contributed by atoms with Gasteiger partial charge in [-0.3, -0.25) is 14.0 Å². The first kappa shape index (κ1) is 24.0. The summed E-state index contributed by atoms with van der Waals surface area (Å²) in [5, 5.41) is 12.6. The number of aryl methyl sites for hydroxylation is 2. The summed E-state index contributed by atoms with van der Waals surface area (Å²) in [4.78, 5) is 30.8. The molecule has 7 nitrogen and oxygen atoms in total. The maximum absolute atomic E-state index is 13.4. The number of benzene rings is 2. The molecule has 0 radical (unpaired) electrons. The maximum atomic E-state index is 13.4. The van der Waals surface area contributed by atoms with Crippen molar-refractivity contribution in [3.63, 3.8) is 0 Å². The average Bonchev–Trinajstić information content (AvgIpc) is 2.82. The number of nitriles is 1. The van der Waals surface area contributed by atoms with E-state index in [1.807, 2.05) is 38.1 Å². The summed E-state index contributed by atoms with van der Waals surface area (Å²) < 4.78 is 7.30. The Bertz CT molecular complexity index is 1600. The first-order chi connectivity index (χ1) is 16.8. The van der Waals surface area contributed by atoms with Crippen molar-refractivity contribution in [2.45, 2.75) is 13.8 Å². The van der Waals surface area contributed by atoms with Gasteiger partial charge in [0, 0.05) is 6.20 Å². The Balaban J connectivity index is 1.84. The molecule has 0 bridgehead atoms. The number of pyridine rings is 1. The Morgan fingerprint density at radius 3 is 2.66 bits per heavy atom. The summed E-state index contributed by atoms with van der Waals surface area (Å²) in [7, 11) is 0. The van der Waals surface area contributed by atoms with E-state index in [4.69, 9.17) is 27.9 Å². The number of halogens is 2. The number of carbonyl (C=O) groups is 1. The first-order valence-electron chi connectivity index (χ1n) is 10.4. The summed E-state index contributed by atoms with van der Waals surface area (Å²) in [6.07, 6.45) is 2.71. The van der Waals surface area contributed by atoms with Crippen LogP contribution in [0.4, 0.5) is 5.69 Å². The van der Waals surface area contributed by atoms with Crippen LogP contribution in [-0.4, -0.2) is 15.3 Å². The number of nitrogens with zero attached hydrogens (tertiary/aromatic N) is 3. The smallest absolute Gasteiger partial charge is 0.269 e. The van der Waals surface area contributed by atoms with E-state index in [9.17, 15) is 14.9 Å². The largest absolute Gasteiger partial charge is 0.438 e. The van der Waals surface area contributed by atoms with E-state index >= 15 is 0 Å². The molecule has 0 spiro atoms. The summed E-state index contributed by atoms with van der Waals surface area (Å²) in [5.41, 5.74) is 1.42. The number of nitrogens with one attached hydrogen (secondary N) is 1. The van der Waals surface area contributed by atoms with Gasteiger partial charge in [-0.15, -0.1) is 0 Å². The van der Waals surface area contributed by atoms with Gasteiger partial charge >= 0.3 is 0 Å². The third-order valence-electron chi connectivity index (χ3n) is 5.11. The minimum atomic E-state index is -0.771. The number of rotatable bonds is 5. The molecule has 0 aliphatic rings. The van der Waals surface area contributed by atoms with E-state index in [0.29, 0.717) is 11.4 Å². The summed E-state index contributed by atoms with van der Waals surface area (Å²) >= 11 is 12.2. The first-order valence-corrected chi connectivity index (χ1v) is 11.2. The Labute approximate surface area is 210 Å². The van der Waals surface area contributed by atoms with Crippen LogP contribution in [0.15, 0.2) is 71.2 Å². The fraction of sp³-hybridized carbons (Fsp3) is 0.0769. The van der Waals surface area contributed by atoms with Gasteiger partial charge in [0.2, 0.25) is 5.88 Å². The Morgan fingerprint density at radius 2 is 1.91 bits per heavy atom. The number of anilines is 1. The zero-order valence-electron chi connectivity index (χ0n) is 18.7. The van der Waals surface area contributed by atoms with Crippen molar-refractivity contribution in [3.05, 3.63) is 103 Å². The molecule has 1 N–H and O–H groups in total. The molecule has 9 heteroatoms. The van der Waals surface area contributed by atoms with Gasteiger partial charge in [0.25, 0.3) is 11.5 Å². The van der Waals surface area contributed by atoms with E-state index in [1.54, 1.807) is 42.6 Å². The van der Waals surface area contributed by atoms with Gasteiger partial charge < -0.3 is 10.1 Å². The lowest BCUT2D eigenvalue weighted by Crippen LogP contribution is -2.20. The van der Waals surface area contributed by atoms with Gasteiger partial charge in [0.05, 0.1) is 15.7 Å². The lowest BCUT2D eigenvalue weighted by molar-refractivity contribution is -0.112. The Kier molecular flexibility index (Phi) is 6.87. The number of carbonyl (C=O) groups excluding carboxylic acids is 1. The van der Waals surface area contributed by atoms with Crippen LogP contribution in [0.3, 0.4) is 0 Å². The van der Waals surface area contributed by atoms with Crippen LogP contribution in [0.2, 0.25) is 10.0 Å². The van der Waals surface area contributed by atoms with E-state index in [0.717, 1.165) is 17.2 Å². The predicted molar refractivity (Wildman–Crippen MR) is 136 cm³/mol. The monoisotopic (exact) mass is 504 g/mol. The molecule has 35 heavy (non-hydrogen) atoms. The fourth-order valence-corrected chi connectivity index (χ4v) is 3.71. The van der Waals surface area contributed by atoms with E-state index in [-0.39, 0.29) is 32.7 Å². The van der Waals surface area contributed by atoms with Crippen molar-refractivity contribution in [1.29, 1.82) is 5.26 Å². The molecule has 0 atom stereocenters. The van der Waals surface area contributed by atoms with Crippen molar-refractivity contribution < 1.29 is 9.53 Å². The van der Waals surface area contributed by atoms with Crippen LogP contribution in [0.25, 0.3) is 11.7 Å². The second kappa shape index (κ2) is 10.0. The molecule has 2 heterocycles. The fourth-order valence-electron chi connectivity index (χ4n) is 3.37. The molecule has 0 unspecified atom stereocenters. The van der Waals surface area contributed by atoms with Crippen LogP contribution >= 0.6 is 23.2 Å². The molecule has 2 aromatic heterocycles. The van der Waals surface area contributed by atoms with Gasteiger partial charge in [-0.2, -0.15) is 10.2 Å². The minimum Gasteiger partial charge on any atom is -0.438 e. The molecule has 0 aliphatic carbocycles. The van der Waals surface area contributed by atoms with Gasteiger partial charge in [0.1, 0.15) is 28.6 Å². The third kappa shape index (κ3) is 5.04. The molecule has 0 aliphatic heterocycles. The molecular weight excluding hydrogens is 487 g/mol. The van der Waals surface area contributed by atoms with Gasteiger partial charge in [-0.25, -0.2) is 0 Å². The predicted octanol–water partition coefficient (Wildman–Crippen LogP) is 5.96. The van der Waals surface area contributed by atoms with Crippen molar-refractivity contribution in [1.82, 2.24) is 9.38 Å². The van der Waals surface area contributed by atoms with Crippen molar-refractivity contribution in [2.24, 2.45) is 0 Å². The minimum absolute atomic E-state index is 0.0313. The Morgan fingerprint density at radius 1 is 1.14 bits per heavy atom. The van der Waals surface area contributed by atoms with Gasteiger partial charge in [0.15, 0.2) is 0 Å². The van der Waals surface area contributed by atoms with Crippen LogP contribution in [0.1, 0.15) is 16.7 Å². The highest BCUT2D eigenvalue weighted by Gasteiger charge is 2.19. The van der Waals surface area contributed by atoms with Crippen molar-refractivity contribution in [3.8, 4) is 17.7 Å². The highest BCUT2D eigenvalue weighted by Crippen LogP contribution is 2.30. The number of hydrogen-bond acceptors (Lipinski definition) is 5.